The van der Waals surface area contributed by atoms with Crippen molar-refractivity contribution in [2.24, 2.45) is 11.8 Å². The molecule has 1 aliphatic carbocycles. The minimum Gasteiger partial charge on any atom is -0.333 e. The van der Waals surface area contributed by atoms with Gasteiger partial charge >= 0.3 is 0 Å². The number of rotatable bonds is 2. The van der Waals surface area contributed by atoms with E-state index in [1.54, 1.807) is 0 Å². The van der Waals surface area contributed by atoms with Gasteiger partial charge in [0.25, 0.3) is 0 Å². The first-order valence-corrected chi connectivity index (χ1v) is 3.79. The fourth-order valence-electron chi connectivity index (χ4n) is 1.30. The van der Waals surface area contributed by atoms with Gasteiger partial charge in [-0.05, 0) is 25.2 Å². The molecular formula is C9H13OPm-. The van der Waals surface area contributed by atoms with Crippen molar-refractivity contribution in [1.29, 1.82) is 0 Å². The summed E-state index contributed by atoms with van der Waals surface area (Å²) in [5.41, 5.74) is 0. The van der Waals surface area contributed by atoms with E-state index in [1.165, 1.54) is 12.8 Å². The molecule has 0 aliphatic heterocycles. The largest absolute Gasteiger partial charge is 0.333 e. The molecule has 2 atom stereocenters. The van der Waals surface area contributed by atoms with Crippen molar-refractivity contribution in [2.75, 3.05) is 0 Å². The Morgan fingerprint density at radius 2 is 2.36 bits per heavy atom. The van der Waals surface area contributed by atoms with Gasteiger partial charge in [0.1, 0.15) is 0 Å². The van der Waals surface area contributed by atoms with Crippen LogP contribution in [0.25, 0.3) is 0 Å². The number of carbonyl (C=O) groups excluding carboxylic acids is 1. The van der Waals surface area contributed by atoms with E-state index in [-0.39, 0.29) is 46.3 Å². The maximum Gasteiger partial charge on any atom is 0.0933 e. The topological polar surface area (TPSA) is 17.1 Å². The molecule has 0 spiro atoms. The van der Waals surface area contributed by atoms with Crippen LogP contribution in [0.15, 0.2) is 12.2 Å². The van der Waals surface area contributed by atoms with Crippen LogP contribution in [0, 0.1) is 59.1 Å². The molecule has 0 aromatic heterocycles. The summed E-state index contributed by atoms with van der Waals surface area (Å²) >= 11 is 0. The maximum atomic E-state index is 10.3. The Labute approximate surface area is 101 Å². The van der Waals surface area contributed by atoms with E-state index in [0.29, 0.717) is 5.92 Å². The molecule has 0 aromatic rings. The van der Waals surface area contributed by atoms with Crippen LogP contribution in [-0.4, -0.2) is 6.29 Å². The van der Waals surface area contributed by atoms with Crippen molar-refractivity contribution in [1.82, 2.24) is 0 Å². The average molecular weight is 282 g/mol. The van der Waals surface area contributed by atoms with Gasteiger partial charge in [-0.2, -0.15) is 0 Å². The van der Waals surface area contributed by atoms with Crippen molar-refractivity contribution in [3.8, 4) is 0 Å². The normalized spacial score (nSPS) is 25.4. The summed E-state index contributed by atoms with van der Waals surface area (Å²) in [4.78, 5) is 10.3. The third-order valence-corrected chi connectivity index (χ3v) is 2.02. The first-order valence-electron chi connectivity index (χ1n) is 3.79. The Morgan fingerprint density at radius 3 is 2.82 bits per heavy atom. The number of aldehydes is 1. The minimum atomic E-state index is -0.0310. The van der Waals surface area contributed by atoms with Crippen molar-refractivity contribution < 1.29 is 45.2 Å². The summed E-state index contributed by atoms with van der Waals surface area (Å²) in [5, 5.41) is 0. The molecule has 0 saturated carbocycles. The molecule has 0 saturated heterocycles. The molecule has 61 valence electrons. The molecule has 1 aliphatic rings. The summed E-state index contributed by atoms with van der Waals surface area (Å²) in [6.07, 6.45) is 8.72. The summed E-state index contributed by atoms with van der Waals surface area (Å²) in [6.45, 7) is 3.76. The van der Waals surface area contributed by atoms with Crippen LogP contribution in [0.2, 0.25) is 0 Å². The molecule has 0 amide bonds. The molecule has 1 radical (unpaired) electrons. The number of hydrogen-bond acceptors (Lipinski definition) is 1. The van der Waals surface area contributed by atoms with Crippen molar-refractivity contribution in [2.45, 2.75) is 19.3 Å². The molecule has 1 nitrogen and oxygen atoms in total. The van der Waals surface area contributed by atoms with Crippen LogP contribution in [0.5, 0.6) is 0 Å². The van der Waals surface area contributed by atoms with Gasteiger partial charge in [0.05, 0.1) is 6.29 Å². The van der Waals surface area contributed by atoms with Crippen molar-refractivity contribution in [3.63, 3.8) is 0 Å². The summed E-state index contributed by atoms with van der Waals surface area (Å²) in [7, 11) is 0. The first kappa shape index (κ1) is 11.7. The standard InChI is InChI=1S/C9H13O.Pm/c1-8(7-10)9-5-3-2-4-6-9;/h3,5,7-9H,1-2,4,6H2;/q-1;/t8-,9+;/m0./s1. The monoisotopic (exact) mass is 282 g/mol. The van der Waals surface area contributed by atoms with Gasteiger partial charge in [-0.15, -0.1) is 5.92 Å². The van der Waals surface area contributed by atoms with Crippen LogP contribution in [0.1, 0.15) is 19.3 Å². The van der Waals surface area contributed by atoms with Crippen molar-refractivity contribution >= 4 is 6.29 Å². The molecule has 1 rings (SSSR count). The Kier molecular flexibility index (Phi) is 6.71. The van der Waals surface area contributed by atoms with E-state index in [2.05, 4.69) is 19.1 Å². The second kappa shape index (κ2) is 6.28. The van der Waals surface area contributed by atoms with Crippen LogP contribution >= 0.6 is 0 Å². The molecule has 0 unspecified atom stereocenters. The summed E-state index contributed by atoms with van der Waals surface area (Å²) in [5.74, 6) is 0.378. The van der Waals surface area contributed by atoms with Gasteiger partial charge in [-0.1, -0.05) is 12.2 Å². The Morgan fingerprint density at radius 1 is 1.64 bits per heavy atom. The van der Waals surface area contributed by atoms with E-state index in [9.17, 15) is 4.79 Å². The summed E-state index contributed by atoms with van der Waals surface area (Å²) < 4.78 is 0. The van der Waals surface area contributed by atoms with Gasteiger partial charge in [0.2, 0.25) is 0 Å². The van der Waals surface area contributed by atoms with Gasteiger partial charge < -0.3 is 11.7 Å². The van der Waals surface area contributed by atoms with Crippen LogP contribution < -0.4 is 0 Å². The zero-order chi connectivity index (χ0) is 7.40. The molecule has 0 heterocycles. The van der Waals surface area contributed by atoms with Crippen LogP contribution in [0.4, 0.5) is 0 Å². The predicted octanol–water partition coefficient (Wildman–Crippen LogP) is 1.99. The molecule has 11 heavy (non-hydrogen) atoms. The van der Waals surface area contributed by atoms with E-state index in [1.807, 2.05) is 0 Å². The van der Waals surface area contributed by atoms with Crippen molar-refractivity contribution in [3.05, 3.63) is 19.1 Å². The Hall–Kier alpha value is 0.748. The number of carbonyl (C=O) groups is 1. The van der Waals surface area contributed by atoms with Crippen LogP contribution in [0.3, 0.4) is 0 Å². The Balaban J connectivity index is 0.000001000. The zero-order valence-corrected chi connectivity index (χ0v) is 9.44. The first-order chi connectivity index (χ1) is 4.84. The SMILES string of the molecule is [CH2-][C@@H](C=O)[C@@H]1C=CCCC1.[Pm]. The fourth-order valence-corrected chi connectivity index (χ4v) is 1.30. The summed E-state index contributed by atoms with van der Waals surface area (Å²) in [6, 6.07) is 0. The van der Waals surface area contributed by atoms with Gasteiger partial charge in [-0.3, -0.25) is 0 Å². The molecule has 0 bridgehead atoms. The zero-order valence-electron chi connectivity index (χ0n) is 6.57. The number of allylic oxidation sites excluding steroid dienone is 2. The predicted molar refractivity (Wildman–Crippen MR) is 41.4 cm³/mol. The quantitative estimate of drug-likeness (QED) is 0.430. The van der Waals surface area contributed by atoms with Gasteiger partial charge in [0, 0.05) is 40.4 Å². The van der Waals surface area contributed by atoms with Gasteiger partial charge in [-0.25, -0.2) is 0 Å². The second-order valence-corrected chi connectivity index (χ2v) is 2.82. The molecule has 0 N–H and O–H groups in total. The molecular weight excluding hydrogens is 269 g/mol. The van der Waals surface area contributed by atoms with Crippen LogP contribution in [-0.2, 0) is 4.79 Å². The molecule has 0 aromatic carbocycles. The smallest absolute Gasteiger partial charge is 0.0933 e. The minimum absolute atomic E-state index is 0. The van der Waals surface area contributed by atoms with E-state index >= 15 is 0 Å². The molecule has 2 heteroatoms. The Bertz CT molecular complexity index is 142. The van der Waals surface area contributed by atoms with E-state index in [4.69, 9.17) is 0 Å². The van der Waals surface area contributed by atoms with Gasteiger partial charge in [0.15, 0.2) is 0 Å². The third-order valence-electron chi connectivity index (χ3n) is 2.02. The third kappa shape index (κ3) is 3.78. The average Bonchev–Trinajstić information content (AvgIpc) is 2.05. The van der Waals surface area contributed by atoms with E-state index in [0.717, 1.165) is 12.7 Å². The van der Waals surface area contributed by atoms with E-state index < -0.39 is 0 Å². The maximum absolute atomic E-state index is 10.3. The number of hydrogen-bond donors (Lipinski definition) is 0. The second-order valence-electron chi connectivity index (χ2n) is 2.82. The molecule has 0 fully saturated rings. The fraction of sp³-hybridized carbons (Fsp3) is 0.556.